The minimum Gasteiger partial charge on any atom is -0.494 e. The van der Waals surface area contributed by atoms with Gasteiger partial charge < -0.3 is 9.64 Å². The molecule has 0 aliphatic carbocycles. The van der Waals surface area contributed by atoms with E-state index in [2.05, 4.69) is 26.1 Å². The quantitative estimate of drug-likeness (QED) is 0.932. The van der Waals surface area contributed by atoms with Crippen molar-refractivity contribution in [2.75, 3.05) is 13.7 Å². The van der Waals surface area contributed by atoms with Gasteiger partial charge in [0.05, 0.1) is 13.2 Å². The average Bonchev–Trinajstić information content (AvgIpc) is 2.65. The van der Waals surface area contributed by atoms with Gasteiger partial charge in [0, 0.05) is 6.54 Å². The van der Waals surface area contributed by atoms with Crippen LogP contribution < -0.4 is 10.1 Å². The number of ether oxygens (including phenoxy) is 1. The lowest BCUT2D eigenvalue weighted by atomic mass is 9.95. The summed E-state index contributed by atoms with van der Waals surface area (Å²) in [6, 6.07) is 4.55. The molecule has 21 heavy (non-hydrogen) atoms. The van der Waals surface area contributed by atoms with Crippen LogP contribution in [0, 0.1) is 11.2 Å². The molecular formula is C16H23FN2O2. The number of hydrogen-bond donors (Lipinski definition) is 1. The van der Waals surface area contributed by atoms with Crippen LogP contribution in [0.1, 0.15) is 39.4 Å². The van der Waals surface area contributed by atoms with Crippen molar-refractivity contribution in [1.82, 2.24) is 10.2 Å². The first kappa shape index (κ1) is 15.8. The molecule has 1 fully saturated rings. The van der Waals surface area contributed by atoms with Crippen molar-refractivity contribution in [2.45, 2.75) is 39.9 Å². The van der Waals surface area contributed by atoms with Gasteiger partial charge in [0.1, 0.15) is 6.17 Å². The molecule has 1 N–H and O–H groups in total. The number of amides is 1. The second kappa shape index (κ2) is 5.64. The highest BCUT2D eigenvalue weighted by molar-refractivity contribution is 5.84. The molecule has 4 nitrogen and oxygen atoms in total. The van der Waals surface area contributed by atoms with Crippen molar-refractivity contribution >= 4 is 5.91 Å². The number of hydrogen-bond acceptors (Lipinski definition) is 3. The third-order valence-electron chi connectivity index (χ3n) is 3.51. The molecule has 0 aromatic heterocycles. The largest absolute Gasteiger partial charge is 0.494 e. The van der Waals surface area contributed by atoms with Gasteiger partial charge in [-0.3, -0.25) is 10.1 Å². The zero-order chi connectivity index (χ0) is 15.8. The number of nitrogens with one attached hydrogen (secondary N) is 1. The Bertz CT molecular complexity index is 540. The van der Waals surface area contributed by atoms with Crippen molar-refractivity contribution in [2.24, 2.45) is 5.41 Å². The molecule has 2 atom stereocenters. The molecule has 0 saturated carbocycles. The van der Waals surface area contributed by atoms with E-state index in [1.165, 1.54) is 13.2 Å². The van der Waals surface area contributed by atoms with Crippen LogP contribution in [-0.2, 0) is 4.79 Å². The van der Waals surface area contributed by atoms with Crippen molar-refractivity contribution in [3.63, 3.8) is 0 Å². The Kier molecular flexibility index (Phi) is 4.23. The number of nitrogens with zero attached hydrogens (tertiary/aromatic N) is 1. The predicted molar refractivity (Wildman–Crippen MR) is 79.5 cm³/mol. The summed E-state index contributed by atoms with van der Waals surface area (Å²) in [5.74, 6) is -0.163. The molecule has 5 heteroatoms. The van der Waals surface area contributed by atoms with Gasteiger partial charge in [0.15, 0.2) is 11.6 Å². The molecule has 0 radical (unpaired) electrons. The fraction of sp³-hybridized carbons (Fsp3) is 0.562. The summed E-state index contributed by atoms with van der Waals surface area (Å²) in [4.78, 5) is 14.1. The monoisotopic (exact) mass is 294 g/mol. The number of benzene rings is 1. The van der Waals surface area contributed by atoms with E-state index in [4.69, 9.17) is 4.74 Å². The van der Waals surface area contributed by atoms with Gasteiger partial charge >= 0.3 is 0 Å². The maximum atomic E-state index is 13.9. The lowest BCUT2D eigenvalue weighted by Gasteiger charge is -2.31. The zero-order valence-corrected chi connectivity index (χ0v) is 13.2. The van der Waals surface area contributed by atoms with Crippen molar-refractivity contribution < 1.29 is 13.9 Å². The first-order valence-electron chi connectivity index (χ1n) is 7.13. The molecule has 0 bridgehead atoms. The molecule has 1 aliphatic rings. The summed E-state index contributed by atoms with van der Waals surface area (Å²) >= 11 is 0. The predicted octanol–water partition coefficient (Wildman–Crippen LogP) is 2.70. The van der Waals surface area contributed by atoms with Crippen LogP contribution in [0.15, 0.2) is 18.2 Å². The Morgan fingerprint density at radius 3 is 2.57 bits per heavy atom. The second-order valence-electron chi connectivity index (χ2n) is 6.71. The van der Waals surface area contributed by atoms with Crippen molar-refractivity contribution in [3.8, 4) is 5.75 Å². The van der Waals surface area contributed by atoms with Gasteiger partial charge in [-0.15, -0.1) is 0 Å². The lowest BCUT2D eigenvalue weighted by molar-refractivity contribution is -0.131. The highest BCUT2D eigenvalue weighted by Gasteiger charge is 2.39. The number of carbonyl (C=O) groups excluding carboxylic acids is 1. The molecule has 116 valence electrons. The van der Waals surface area contributed by atoms with Gasteiger partial charge in [-0.05, 0) is 30.0 Å². The van der Waals surface area contributed by atoms with E-state index < -0.39 is 5.82 Å². The highest BCUT2D eigenvalue weighted by Crippen LogP contribution is 2.31. The molecule has 1 amide bonds. The van der Waals surface area contributed by atoms with E-state index in [9.17, 15) is 9.18 Å². The first-order chi connectivity index (χ1) is 9.73. The standard InChI is InChI=1S/C16H23FN2O2/c1-10-15(20)19(9-16(2,3)4)14(18-10)11-6-7-13(21-5)12(17)8-11/h6-8,10,14,18H,9H2,1-5H3. The molecular weight excluding hydrogens is 271 g/mol. The minimum atomic E-state index is -0.417. The highest BCUT2D eigenvalue weighted by atomic mass is 19.1. The van der Waals surface area contributed by atoms with Gasteiger partial charge in [0.2, 0.25) is 5.91 Å². The van der Waals surface area contributed by atoms with Crippen LogP contribution in [-0.4, -0.2) is 30.5 Å². The number of carbonyl (C=O) groups is 1. The van der Waals surface area contributed by atoms with Gasteiger partial charge in [0.25, 0.3) is 0 Å². The summed E-state index contributed by atoms with van der Waals surface area (Å²) in [5, 5.41) is 3.23. The maximum Gasteiger partial charge on any atom is 0.241 e. The number of halogens is 1. The average molecular weight is 294 g/mol. The fourth-order valence-corrected chi connectivity index (χ4v) is 2.58. The summed E-state index contributed by atoms with van der Waals surface area (Å²) in [5.41, 5.74) is 0.709. The summed E-state index contributed by atoms with van der Waals surface area (Å²) in [7, 11) is 1.43. The molecule has 0 spiro atoms. The smallest absolute Gasteiger partial charge is 0.241 e. The Morgan fingerprint density at radius 1 is 1.38 bits per heavy atom. The van der Waals surface area contributed by atoms with E-state index in [1.54, 1.807) is 17.0 Å². The second-order valence-corrected chi connectivity index (χ2v) is 6.71. The molecule has 1 aliphatic heterocycles. The number of rotatable bonds is 3. The maximum absolute atomic E-state index is 13.9. The third-order valence-corrected chi connectivity index (χ3v) is 3.51. The SMILES string of the molecule is COc1ccc(C2NC(C)C(=O)N2CC(C)(C)C)cc1F. The lowest BCUT2D eigenvalue weighted by Crippen LogP contribution is -2.37. The van der Waals surface area contributed by atoms with Crippen molar-refractivity contribution in [1.29, 1.82) is 0 Å². The topological polar surface area (TPSA) is 41.6 Å². The zero-order valence-electron chi connectivity index (χ0n) is 13.2. The van der Waals surface area contributed by atoms with E-state index in [0.717, 1.165) is 5.56 Å². The van der Waals surface area contributed by atoms with E-state index >= 15 is 0 Å². The minimum absolute atomic E-state index is 0.0231. The van der Waals surface area contributed by atoms with Crippen LogP contribution in [0.5, 0.6) is 5.75 Å². The van der Waals surface area contributed by atoms with Gasteiger partial charge in [-0.2, -0.15) is 0 Å². The van der Waals surface area contributed by atoms with Crippen LogP contribution in [0.2, 0.25) is 0 Å². The van der Waals surface area contributed by atoms with E-state index in [1.807, 2.05) is 6.92 Å². The van der Waals surface area contributed by atoms with E-state index in [0.29, 0.717) is 6.54 Å². The Morgan fingerprint density at radius 2 is 2.05 bits per heavy atom. The van der Waals surface area contributed by atoms with Crippen LogP contribution in [0.3, 0.4) is 0 Å². The fourth-order valence-electron chi connectivity index (χ4n) is 2.58. The normalized spacial score (nSPS) is 22.8. The number of methoxy groups -OCH3 is 1. The van der Waals surface area contributed by atoms with Crippen molar-refractivity contribution in [3.05, 3.63) is 29.6 Å². The molecule has 1 aromatic carbocycles. The third kappa shape index (κ3) is 3.35. The Hall–Kier alpha value is -1.62. The summed E-state index contributed by atoms with van der Waals surface area (Å²) in [6.45, 7) is 8.68. The first-order valence-corrected chi connectivity index (χ1v) is 7.13. The molecule has 1 saturated heterocycles. The molecule has 2 unspecified atom stereocenters. The van der Waals surface area contributed by atoms with Crippen LogP contribution in [0.4, 0.5) is 4.39 Å². The molecule has 2 rings (SSSR count). The molecule has 1 aromatic rings. The van der Waals surface area contributed by atoms with Gasteiger partial charge in [-0.25, -0.2) is 4.39 Å². The Balaban J connectivity index is 2.32. The van der Waals surface area contributed by atoms with E-state index in [-0.39, 0.29) is 29.3 Å². The summed E-state index contributed by atoms with van der Waals surface area (Å²) in [6.07, 6.45) is -0.299. The Labute approximate surface area is 125 Å². The molecule has 1 heterocycles. The van der Waals surface area contributed by atoms with Gasteiger partial charge in [-0.1, -0.05) is 26.8 Å². The van der Waals surface area contributed by atoms with Crippen LogP contribution in [0.25, 0.3) is 0 Å². The van der Waals surface area contributed by atoms with Crippen LogP contribution >= 0.6 is 0 Å². The summed E-state index contributed by atoms with van der Waals surface area (Å²) < 4.78 is 18.8.